The molecule has 4 heteroatoms. The van der Waals surface area contributed by atoms with E-state index in [0.29, 0.717) is 6.42 Å². The second-order valence-corrected chi connectivity index (χ2v) is 4.94. The maximum atomic E-state index is 12.0. The maximum Gasteiger partial charge on any atom is 0.326 e. The van der Waals surface area contributed by atoms with E-state index in [1.54, 1.807) is 12.2 Å². The Morgan fingerprint density at radius 1 is 1.41 bits per heavy atom. The summed E-state index contributed by atoms with van der Waals surface area (Å²) in [6, 6.07) is -0.809. The van der Waals surface area contributed by atoms with Crippen molar-refractivity contribution in [3.63, 3.8) is 0 Å². The summed E-state index contributed by atoms with van der Waals surface area (Å²) in [7, 11) is 0. The number of carbonyl (C=O) groups excluding carboxylic acids is 1. The molecule has 2 N–H and O–H groups in total. The molecule has 0 radical (unpaired) electrons. The molecule has 1 saturated carbocycles. The van der Waals surface area contributed by atoms with Gasteiger partial charge < -0.3 is 10.4 Å². The van der Waals surface area contributed by atoms with E-state index in [2.05, 4.69) is 5.32 Å². The summed E-state index contributed by atoms with van der Waals surface area (Å²) in [5, 5.41) is 11.7. The smallest absolute Gasteiger partial charge is 0.326 e. The zero-order valence-corrected chi connectivity index (χ0v) is 10.5. The quantitative estimate of drug-likeness (QED) is 0.722. The highest BCUT2D eigenvalue weighted by Gasteiger charge is 2.37. The SMILES string of the molecule is C/C=C/CC(NC(=O)C1(C)CCCC1)C(=O)O. The van der Waals surface area contributed by atoms with Crippen LogP contribution in [0.3, 0.4) is 0 Å². The standard InChI is InChI=1S/C13H21NO3/c1-3-4-7-10(11(15)16)14-12(17)13(2)8-5-6-9-13/h3-4,10H,5-9H2,1-2H3,(H,14,17)(H,15,16)/b4-3+. The molecule has 0 bridgehead atoms. The third-order valence-corrected chi connectivity index (χ3v) is 3.47. The van der Waals surface area contributed by atoms with E-state index >= 15 is 0 Å². The van der Waals surface area contributed by atoms with E-state index in [1.165, 1.54) is 0 Å². The molecule has 0 aromatic carbocycles. The molecule has 1 aliphatic carbocycles. The van der Waals surface area contributed by atoms with Crippen molar-refractivity contribution in [1.29, 1.82) is 0 Å². The number of rotatable bonds is 5. The Morgan fingerprint density at radius 2 is 2.00 bits per heavy atom. The van der Waals surface area contributed by atoms with Gasteiger partial charge in [-0.3, -0.25) is 4.79 Å². The van der Waals surface area contributed by atoms with Crippen LogP contribution in [0.25, 0.3) is 0 Å². The number of carboxylic acids is 1. The molecular formula is C13H21NO3. The number of hydrogen-bond acceptors (Lipinski definition) is 2. The molecule has 1 amide bonds. The molecule has 0 aromatic rings. The van der Waals surface area contributed by atoms with Crippen LogP contribution < -0.4 is 5.32 Å². The third kappa shape index (κ3) is 3.58. The lowest BCUT2D eigenvalue weighted by atomic mass is 9.87. The Hall–Kier alpha value is -1.32. The molecule has 0 heterocycles. The molecule has 0 spiro atoms. The minimum absolute atomic E-state index is 0.119. The topological polar surface area (TPSA) is 66.4 Å². The predicted molar refractivity (Wildman–Crippen MR) is 65.6 cm³/mol. The summed E-state index contributed by atoms with van der Waals surface area (Å²) in [6.45, 7) is 3.75. The van der Waals surface area contributed by atoms with Gasteiger partial charge in [-0.15, -0.1) is 0 Å². The molecular weight excluding hydrogens is 218 g/mol. The van der Waals surface area contributed by atoms with Crippen LogP contribution >= 0.6 is 0 Å². The van der Waals surface area contributed by atoms with E-state index in [1.807, 2.05) is 13.8 Å². The summed E-state index contributed by atoms with van der Waals surface area (Å²) in [5.74, 6) is -1.09. The molecule has 1 fully saturated rings. The minimum Gasteiger partial charge on any atom is -0.480 e. The van der Waals surface area contributed by atoms with Gasteiger partial charge in [-0.05, 0) is 26.2 Å². The van der Waals surface area contributed by atoms with Gasteiger partial charge in [-0.25, -0.2) is 4.79 Å². The zero-order valence-electron chi connectivity index (χ0n) is 10.5. The van der Waals surface area contributed by atoms with Gasteiger partial charge in [0.1, 0.15) is 6.04 Å². The number of carboxylic acid groups (broad SMARTS) is 1. The van der Waals surface area contributed by atoms with Crippen LogP contribution in [-0.4, -0.2) is 23.0 Å². The number of allylic oxidation sites excluding steroid dienone is 1. The van der Waals surface area contributed by atoms with Gasteiger partial charge in [0.05, 0.1) is 0 Å². The monoisotopic (exact) mass is 239 g/mol. The van der Waals surface area contributed by atoms with E-state index < -0.39 is 12.0 Å². The van der Waals surface area contributed by atoms with Crippen molar-refractivity contribution in [3.05, 3.63) is 12.2 Å². The highest BCUT2D eigenvalue weighted by Crippen LogP contribution is 2.37. The van der Waals surface area contributed by atoms with Crippen molar-refractivity contribution >= 4 is 11.9 Å². The van der Waals surface area contributed by atoms with Crippen molar-refractivity contribution in [2.75, 3.05) is 0 Å². The molecule has 0 aliphatic heterocycles. The van der Waals surface area contributed by atoms with Crippen molar-refractivity contribution in [2.24, 2.45) is 5.41 Å². The van der Waals surface area contributed by atoms with Crippen LogP contribution in [-0.2, 0) is 9.59 Å². The van der Waals surface area contributed by atoms with Crippen LogP contribution in [0.15, 0.2) is 12.2 Å². The second-order valence-electron chi connectivity index (χ2n) is 4.94. The van der Waals surface area contributed by atoms with Gasteiger partial charge in [-0.1, -0.05) is 31.9 Å². The van der Waals surface area contributed by atoms with Crippen LogP contribution in [0.2, 0.25) is 0 Å². The fourth-order valence-electron chi connectivity index (χ4n) is 2.21. The van der Waals surface area contributed by atoms with Crippen molar-refractivity contribution in [1.82, 2.24) is 5.32 Å². The lowest BCUT2D eigenvalue weighted by Gasteiger charge is -2.24. The fraction of sp³-hybridized carbons (Fsp3) is 0.692. The molecule has 0 saturated heterocycles. The van der Waals surface area contributed by atoms with Crippen molar-refractivity contribution in [3.8, 4) is 0 Å². The Labute approximate surface area is 102 Å². The first-order valence-corrected chi connectivity index (χ1v) is 6.14. The van der Waals surface area contributed by atoms with Gasteiger partial charge in [0.25, 0.3) is 0 Å². The third-order valence-electron chi connectivity index (χ3n) is 3.47. The van der Waals surface area contributed by atoms with E-state index in [-0.39, 0.29) is 11.3 Å². The summed E-state index contributed by atoms with van der Waals surface area (Å²) >= 11 is 0. The molecule has 0 aromatic heterocycles. The highest BCUT2D eigenvalue weighted by atomic mass is 16.4. The number of hydrogen-bond donors (Lipinski definition) is 2. The predicted octanol–water partition coefficient (Wildman–Crippen LogP) is 2.10. The van der Waals surface area contributed by atoms with Crippen molar-refractivity contribution in [2.45, 2.75) is 52.0 Å². The van der Waals surface area contributed by atoms with E-state index in [4.69, 9.17) is 5.11 Å². The van der Waals surface area contributed by atoms with Crippen LogP contribution in [0.1, 0.15) is 46.0 Å². The average molecular weight is 239 g/mol. The van der Waals surface area contributed by atoms with Gasteiger partial charge in [0.15, 0.2) is 0 Å². The van der Waals surface area contributed by atoms with Crippen LogP contribution in [0.4, 0.5) is 0 Å². The van der Waals surface area contributed by atoms with Gasteiger partial charge in [0, 0.05) is 5.41 Å². The molecule has 1 rings (SSSR count). The maximum absolute atomic E-state index is 12.0. The molecule has 96 valence electrons. The van der Waals surface area contributed by atoms with Crippen LogP contribution in [0, 0.1) is 5.41 Å². The van der Waals surface area contributed by atoms with Gasteiger partial charge in [0.2, 0.25) is 5.91 Å². The van der Waals surface area contributed by atoms with E-state index in [0.717, 1.165) is 25.7 Å². The minimum atomic E-state index is -0.974. The number of amides is 1. The first-order valence-electron chi connectivity index (χ1n) is 6.14. The van der Waals surface area contributed by atoms with Gasteiger partial charge >= 0.3 is 5.97 Å². The highest BCUT2D eigenvalue weighted by molar-refractivity contribution is 5.87. The molecule has 1 unspecified atom stereocenters. The summed E-state index contributed by atoms with van der Waals surface area (Å²) in [5.41, 5.74) is -0.371. The number of carbonyl (C=O) groups is 2. The molecule has 1 atom stereocenters. The Balaban J connectivity index is 2.60. The Bertz CT molecular complexity index is 317. The fourth-order valence-corrected chi connectivity index (χ4v) is 2.21. The first kappa shape index (κ1) is 13.7. The molecule has 4 nitrogen and oxygen atoms in total. The summed E-state index contributed by atoms with van der Waals surface area (Å²) < 4.78 is 0. The van der Waals surface area contributed by atoms with E-state index in [9.17, 15) is 9.59 Å². The van der Waals surface area contributed by atoms with Crippen LogP contribution in [0.5, 0.6) is 0 Å². The first-order chi connectivity index (χ1) is 7.99. The number of nitrogens with one attached hydrogen (secondary N) is 1. The van der Waals surface area contributed by atoms with Crippen molar-refractivity contribution < 1.29 is 14.7 Å². The zero-order chi connectivity index (χ0) is 12.9. The average Bonchev–Trinajstić information content (AvgIpc) is 2.72. The largest absolute Gasteiger partial charge is 0.480 e. The van der Waals surface area contributed by atoms with Gasteiger partial charge in [-0.2, -0.15) is 0 Å². The molecule has 1 aliphatic rings. The Morgan fingerprint density at radius 3 is 2.47 bits per heavy atom. The second kappa shape index (κ2) is 5.84. The lowest BCUT2D eigenvalue weighted by molar-refractivity contribution is -0.143. The normalized spacial score (nSPS) is 20.4. The summed E-state index contributed by atoms with van der Waals surface area (Å²) in [4.78, 5) is 23.1. The molecule has 17 heavy (non-hydrogen) atoms. The number of aliphatic carboxylic acids is 1. The summed E-state index contributed by atoms with van der Waals surface area (Å²) in [6.07, 6.45) is 7.71. The Kier molecular flexibility index (Phi) is 4.73. The lowest BCUT2D eigenvalue weighted by Crippen LogP contribution is -2.46.